The molecular weight excluding hydrogens is 408 g/mol. The van der Waals surface area contributed by atoms with Crippen LogP contribution in [0.3, 0.4) is 0 Å². The first kappa shape index (κ1) is 21.5. The minimum Gasteiger partial charge on any atom is -0.508 e. The van der Waals surface area contributed by atoms with Crippen molar-refractivity contribution >= 4 is 34.4 Å². The number of aromatic nitrogens is 1. The average molecular weight is 432 g/mol. The number of amides is 1. The zero-order valence-electron chi connectivity index (χ0n) is 17.8. The molecule has 32 heavy (non-hydrogen) atoms. The van der Waals surface area contributed by atoms with Gasteiger partial charge in [0, 0.05) is 19.0 Å². The number of aromatic hydroxyl groups is 1. The van der Waals surface area contributed by atoms with Gasteiger partial charge in [-0.15, -0.1) is 0 Å². The van der Waals surface area contributed by atoms with Crippen LogP contribution < -0.4 is 5.32 Å². The Labute approximate surface area is 185 Å². The van der Waals surface area contributed by atoms with Crippen molar-refractivity contribution in [3.63, 3.8) is 0 Å². The van der Waals surface area contributed by atoms with Gasteiger partial charge in [-0.3, -0.25) is 4.79 Å². The van der Waals surface area contributed by atoms with Crippen LogP contribution in [0, 0.1) is 0 Å². The van der Waals surface area contributed by atoms with E-state index >= 15 is 0 Å². The second-order valence-corrected chi connectivity index (χ2v) is 7.51. The first-order valence-electron chi connectivity index (χ1n) is 10.4. The van der Waals surface area contributed by atoms with Crippen LogP contribution in [0.2, 0.25) is 0 Å². The second kappa shape index (κ2) is 9.62. The number of nitrogens with zero attached hydrogens (tertiary/aromatic N) is 1. The molecule has 0 atom stereocenters. The zero-order chi connectivity index (χ0) is 22.5. The number of methoxy groups -OCH3 is 1. The summed E-state index contributed by atoms with van der Waals surface area (Å²) in [5.74, 6) is -0.703. The van der Waals surface area contributed by atoms with Gasteiger partial charge in [0.15, 0.2) is 6.61 Å². The molecule has 0 radical (unpaired) electrons. The molecule has 0 bridgehead atoms. The number of esters is 1. The van der Waals surface area contributed by atoms with Gasteiger partial charge in [-0.1, -0.05) is 30.3 Å². The van der Waals surface area contributed by atoms with E-state index in [1.165, 1.54) is 0 Å². The van der Waals surface area contributed by atoms with Crippen molar-refractivity contribution < 1.29 is 24.2 Å². The Hall–Kier alpha value is -3.71. The molecular formula is C25H24N2O5. The maximum absolute atomic E-state index is 13.1. The third-order valence-corrected chi connectivity index (χ3v) is 5.34. The van der Waals surface area contributed by atoms with Crippen LogP contribution in [-0.4, -0.2) is 48.8 Å². The summed E-state index contributed by atoms with van der Waals surface area (Å²) < 4.78 is 10.3. The van der Waals surface area contributed by atoms with Crippen LogP contribution in [0.4, 0.5) is 0 Å². The SMILES string of the molecule is COCCNC(=O)COC(=O)c1c2c(nc3ccccc13)/C(=C/c1ccc(O)cc1)CC2. The van der Waals surface area contributed by atoms with E-state index in [1.54, 1.807) is 19.2 Å². The lowest BCUT2D eigenvalue weighted by Crippen LogP contribution is -2.31. The number of nitrogens with one attached hydrogen (secondary N) is 1. The summed E-state index contributed by atoms with van der Waals surface area (Å²) in [6.45, 7) is 0.383. The normalized spacial score (nSPS) is 13.8. The van der Waals surface area contributed by atoms with Gasteiger partial charge in [0.2, 0.25) is 0 Å². The van der Waals surface area contributed by atoms with Gasteiger partial charge in [0.1, 0.15) is 5.75 Å². The first-order chi connectivity index (χ1) is 15.6. The fourth-order valence-electron chi connectivity index (χ4n) is 3.83. The quantitative estimate of drug-likeness (QED) is 0.439. The summed E-state index contributed by atoms with van der Waals surface area (Å²) in [6.07, 6.45) is 3.41. The van der Waals surface area contributed by atoms with E-state index in [9.17, 15) is 14.7 Å². The predicted octanol–water partition coefficient (Wildman–Crippen LogP) is 3.35. The van der Waals surface area contributed by atoms with E-state index in [-0.39, 0.29) is 18.3 Å². The average Bonchev–Trinajstić information content (AvgIpc) is 3.19. The maximum Gasteiger partial charge on any atom is 0.339 e. The molecule has 7 heteroatoms. The number of hydrogen-bond acceptors (Lipinski definition) is 6. The maximum atomic E-state index is 13.1. The molecule has 1 aliphatic rings. The Morgan fingerprint density at radius 1 is 1.12 bits per heavy atom. The molecule has 0 unspecified atom stereocenters. The molecule has 1 aromatic heterocycles. The molecule has 1 amide bonds. The highest BCUT2D eigenvalue weighted by Gasteiger charge is 2.27. The smallest absolute Gasteiger partial charge is 0.339 e. The number of para-hydroxylation sites is 1. The van der Waals surface area contributed by atoms with Gasteiger partial charge < -0.3 is 19.9 Å². The third-order valence-electron chi connectivity index (χ3n) is 5.34. The predicted molar refractivity (Wildman–Crippen MR) is 121 cm³/mol. The fourth-order valence-corrected chi connectivity index (χ4v) is 3.83. The number of ether oxygens (including phenoxy) is 2. The van der Waals surface area contributed by atoms with Gasteiger partial charge in [0.05, 0.1) is 23.4 Å². The van der Waals surface area contributed by atoms with Gasteiger partial charge in [0.25, 0.3) is 5.91 Å². The number of rotatable bonds is 7. The summed E-state index contributed by atoms with van der Waals surface area (Å²) >= 11 is 0. The van der Waals surface area contributed by atoms with Crippen molar-refractivity contribution in [1.82, 2.24) is 10.3 Å². The fraction of sp³-hybridized carbons (Fsp3) is 0.240. The van der Waals surface area contributed by atoms with Crippen molar-refractivity contribution in [2.24, 2.45) is 0 Å². The Balaban J connectivity index is 1.65. The first-order valence-corrected chi connectivity index (χ1v) is 10.4. The molecule has 2 N–H and O–H groups in total. The highest BCUT2D eigenvalue weighted by atomic mass is 16.5. The van der Waals surface area contributed by atoms with Crippen molar-refractivity contribution in [3.05, 3.63) is 70.9 Å². The number of carbonyl (C=O) groups excluding carboxylic acids is 2. The lowest BCUT2D eigenvalue weighted by atomic mass is 10.0. The molecule has 1 heterocycles. The number of fused-ring (bicyclic) bond motifs is 2. The lowest BCUT2D eigenvalue weighted by molar-refractivity contribution is -0.124. The molecule has 2 aromatic carbocycles. The topological polar surface area (TPSA) is 97.8 Å². The molecule has 0 aliphatic heterocycles. The highest BCUT2D eigenvalue weighted by molar-refractivity contribution is 6.07. The Kier molecular flexibility index (Phi) is 6.47. The molecule has 0 saturated carbocycles. The molecule has 0 saturated heterocycles. The van der Waals surface area contributed by atoms with E-state index in [1.807, 2.05) is 42.5 Å². The van der Waals surface area contributed by atoms with Crippen molar-refractivity contribution in [3.8, 4) is 5.75 Å². The van der Waals surface area contributed by atoms with Crippen LogP contribution >= 0.6 is 0 Å². The highest BCUT2D eigenvalue weighted by Crippen LogP contribution is 2.37. The zero-order valence-corrected chi connectivity index (χ0v) is 17.8. The molecule has 0 spiro atoms. The molecule has 1 aliphatic carbocycles. The standard InChI is InChI=1S/C25H24N2O5/c1-31-13-12-26-22(29)15-32-25(30)23-19-4-2-3-5-21(19)27-24-17(8-11-20(23)24)14-16-6-9-18(28)10-7-16/h2-7,9-10,14,28H,8,11-13,15H2,1H3,(H,26,29)/b17-14+. The van der Waals surface area contributed by atoms with Crippen LogP contribution in [0.1, 0.15) is 33.6 Å². The number of phenolic OH excluding ortho intramolecular Hbond substituents is 1. The summed E-state index contributed by atoms with van der Waals surface area (Å²) in [4.78, 5) is 29.8. The summed E-state index contributed by atoms with van der Waals surface area (Å²) in [7, 11) is 1.55. The largest absolute Gasteiger partial charge is 0.508 e. The second-order valence-electron chi connectivity index (χ2n) is 7.51. The molecule has 0 fully saturated rings. The number of phenols is 1. The minimum absolute atomic E-state index is 0.208. The van der Waals surface area contributed by atoms with E-state index < -0.39 is 5.97 Å². The van der Waals surface area contributed by atoms with Crippen molar-refractivity contribution in [2.45, 2.75) is 12.8 Å². The Morgan fingerprint density at radius 3 is 2.69 bits per heavy atom. The number of benzene rings is 2. The van der Waals surface area contributed by atoms with E-state index in [4.69, 9.17) is 14.5 Å². The summed E-state index contributed by atoms with van der Waals surface area (Å²) in [6, 6.07) is 14.4. The van der Waals surface area contributed by atoms with E-state index in [2.05, 4.69) is 5.32 Å². The molecule has 164 valence electrons. The number of allylic oxidation sites excluding steroid dienone is 1. The van der Waals surface area contributed by atoms with Gasteiger partial charge >= 0.3 is 5.97 Å². The third kappa shape index (κ3) is 4.63. The summed E-state index contributed by atoms with van der Waals surface area (Å²) in [5.41, 5.74) is 4.72. The molecule has 7 nitrogen and oxygen atoms in total. The number of hydrogen-bond donors (Lipinski definition) is 2. The molecule has 4 rings (SSSR count). The van der Waals surface area contributed by atoms with E-state index in [0.29, 0.717) is 36.0 Å². The van der Waals surface area contributed by atoms with Crippen LogP contribution in [0.5, 0.6) is 5.75 Å². The van der Waals surface area contributed by atoms with Crippen LogP contribution in [0.15, 0.2) is 48.5 Å². The van der Waals surface area contributed by atoms with Crippen LogP contribution in [-0.2, 0) is 20.7 Å². The number of carbonyl (C=O) groups is 2. The monoisotopic (exact) mass is 432 g/mol. The van der Waals surface area contributed by atoms with Gasteiger partial charge in [-0.25, -0.2) is 9.78 Å². The van der Waals surface area contributed by atoms with Crippen molar-refractivity contribution in [2.75, 3.05) is 26.9 Å². The number of pyridine rings is 1. The van der Waals surface area contributed by atoms with Crippen molar-refractivity contribution in [1.29, 1.82) is 0 Å². The Bertz CT molecular complexity index is 1180. The summed E-state index contributed by atoms with van der Waals surface area (Å²) in [5, 5.41) is 12.9. The van der Waals surface area contributed by atoms with E-state index in [0.717, 1.165) is 28.8 Å². The Morgan fingerprint density at radius 2 is 1.91 bits per heavy atom. The van der Waals surface area contributed by atoms with Gasteiger partial charge in [-0.2, -0.15) is 0 Å². The molecule has 3 aromatic rings. The minimum atomic E-state index is -0.535. The van der Waals surface area contributed by atoms with Crippen LogP contribution in [0.25, 0.3) is 22.6 Å². The van der Waals surface area contributed by atoms with Gasteiger partial charge in [-0.05, 0) is 53.8 Å². The lowest BCUT2D eigenvalue weighted by Gasteiger charge is -2.12.